The van der Waals surface area contributed by atoms with E-state index < -0.39 is 12.2 Å². The molecule has 0 aromatic rings. The van der Waals surface area contributed by atoms with Crippen LogP contribution in [0.25, 0.3) is 0 Å². The van der Waals surface area contributed by atoms with Crippen molar-refractivity contribution in [1.82, 2.24) is 0 Å². The summed E-state index contributed by atoms with van der Waals surface area (Å²) in [5.41, 5.74) is 0. The topological polar surface area (TPSA) is 0 Å². The Morgan fingerprint density at radius 3 is 1.83 bits per heavy atom. The van der Waals surface area contributed by atoms with E-state index in [0.717, 1.165) is 0 Å². The SMILES string of the molecule is [Se]=[AsH]1C=CC=C1. The summed E-state index contributed by atoms with van der Waals surface area (Å²) in [5.74, 6) is 0. The summed E-state index contributed by atoms with van der Waals surface area (Å²) in [4.78, 5) is 4.56. The second kappa shape index (κ2) is 2.02. The fourth-order valence-electron chi connectivity index (χ4n) is 0.356. The van der Waals surface area contributed by atoms with Crippen molar-refractivity contribution in [2.75, 3.05) is 0 Å². The first-order valence-corrected chi connectivity index (χ1v) is 9.51. The standard InChI is InChI=1S/C4H5AsSe/c6-5-3-1-2-4-5/h1-5H. The van der Waals surface area contributed by atoms with Crippen molar-refractivity contribution in [3.05, 3.63) is 21.9 Å². The van der Waals surface area contributed by atoms with Gasteiger partial charge in [0.15, 0.2) is 0 Å². The van der Waals surface area contributed by atoms with Crippen molar-refractivity contribution >= 4 is 25.7 Å². The second-order valence-electron chi connectivity index (χ2n) is 1.12. The quantitative estimate of drug-likeness (QED) is 0.493. The van der Waals surface area contributed by atoms with Crippen LogP contribution in [-0.2, 0) is 0 Å². The van der Waals surface area contributed by atoms with Crippen LogP contribution in [0, 0.1) is 0 Å². The van der Waals surface area contributed by atoms with E-state index in [1.54, 1.807) is 0 Å². The van der Waals surface area contributed by atoms with Crippen LogP contribution in [0.3, 0.4) is 0 Å². The minimum absolute atomic E-state index is 0.755. The molecule has 0 aromatic carbocycles. The molecule has 1 aliphatic heterocycles. The van der Waals surface area contributed by atoms with E-state index in [1.165, 1.54) is 0 Å². The molecule has 0 fully saturated rings. The number of allylic oxidation sites excluding steroid dienone is 2. The fourth-order valence-corrected chi connectivity index (χ4v) is 3.56. The van der Waals surface area contributed by atoms with Crippen LogP contribution in [0.4, 0.5) is 0 Å². The minimum atomic E-state index is -0.755. The van der Waals surface area contributed by atoms with E-state index in [4.69, 9.17) is 0 Å². The van der Waals surface area contributed by atoms with Gasteiger partial charge < -0.3 is 0 Å². The zero-order chi connectivity index (χ0) is 4.41. The number of rotatable bonds is 0. The summed E-state index contributed by atoms with van der Waals surface area (Å²) in [6.45, 7) is 0. The van der Waals surface area contributed by atoms with Gasteiger partial charge in [0, 0.05) is 0 Å². The van der Waals surface area contributed by atoms with Crippen LogP contribution < -0.4 is 0 Å². The molecule has 0 atom stereocenters. The molecular formula is C4H5AsSe. The molecule has 6 heavy (non-hydrogen) atoms. The van der Waals surface area contributed by atoms with Gasteiger partial charge in [0.05, 0.1) is 0 Å². The molecule has 0 radical (unpaired) electrons. The Balaban J connectivity index is 2.86. The van der Waals surface area contributed by atoms with E-state index >= 15 is 0 Å². The van der Waals surface area contributed by atoms with Crippen molar-refractivity contribution in [3.8, 4) is 0 Å². The van der Waals surface area contributed by atoms with Gasteiger partial charge in [-0.05, 0) is 0 Å². The summed E-state index contributed by atoms with van der Waals surface area (Å²) >= 11 is 2.38. The monoisotopic (exact) mass is 208 g/mol. The molecule has 0 aliphatic carbocycles. The van der Waals surface area contributed by atoms with Crippen LogP contribution in [-0.4, -0.2) is 25.7 Å². The summed E-state index contributed by atoms with van der Waals surface area (Å²) in [5, 5.41) is 0. The molecule has 1 heterocycles. The van der Waals surface area contributed by atoms with Gasteiger partial charge in [0.25, 0.3) is 0 Å². The Morgan fingerprint density at radius 1 is 1.17 bits per heavy atom. The van der Waals surface area contributed by atoms with Crippen molar-refractivity contribution in [3.63, 3.8) is 0 Å². The van der Waals surface area contributed by atoms with Crippen molar-refractivity contribution in [2.24, 2.45) is 0 Å². The predicted octanol–water partition coefficient (Wildman–Crippen LogP) is 0.0831. The summed E-state index contributed by atoms with van der Waals surface area (Å²) in [7, 11) is 0. The van der Waals surface area contributed by atoms with Crippen molar-refractivity contribution < 1.29 is 0 Å². The van der Waals surface area contributed by atoms with Gasteiger partial charge in [-0.3, -0.25) is 0 Å². The summed E-state index contributed by atoms with van der Waals surface area (Å²) in [6, 6.07) is 0. The first-order valence-electron chi connectivity index (χ1n) is 1.78. The van der Waals surface area contributed by atoms with Crippen molar-refractivity contribution in [2.45, 2.75) is 0 Å². The first kappa shape index (κ1) is 4.71. The third-order valence-electron chi connectivity index (χ3n) is 0.632. The maximum atomic E-state index is 3.13. The van der Waals surface area contributed by atoms with Gasteiger partial charge in [-0.15, -0.1) is 0 Å². The molecule has 2 heteroatoms. The first-order chi connectivity index (χ1) is 2.89. The van der Waals surface area contributed by atoms with Gasteiger partial charge in [-0.1, -0.05) is 0 Å². The third-order valence-corrected chi connectivity index (χ3v) is 5.79. The Kier molecular flexibility index (Phi) is 1.59. The summed E-state index contributed by atoms with van der Waals surface area (Å²) < 4.78 is 0. The molecule has 0 saturated heterocycles. The molecule has 0 spiro atoms. The van der Waals surface area contributed by atoms with Crippen molar-refractivity contribution in [1.29, 1.82) is 0 Å². The van der Waals surface area contributed by atoms with Crippen LogP contribution in [0.1, 0.15) is 0 Å². The van der Waals surface area contributed by atoms with E-state index in [0.29, 0.717) is 0 Å². The van der Waals surface area contributed by atoms with Gasteiger partial charge in [-0.25, -0.2) is 0 Å². The Morgan fingerprint density at radius 2 is 1.67 bits per heavy atom. The fraction of sp³-hybridized carbons (Fsp3) is 0. The predicted molar refractivity (Wildman–Crippen MR) is 31.2 cm³/mol. The third kappa shape index (κ3) is 1.01. The van der Waals surface area contributed by atoms with E-state index in [9.17, 15) is 0 Å². The molecule has 0 saturated carbocycles. The zero-order valence-electron chi connectivity index (χ0n) is 3.22. The molecule has 0 bridgehead atoms. The van der Waals surface area contributed by atoms with E-state index in [1.807, 2.05) is 0 Å². The Bertz CT molecular complexity index is 110. The Labute approximate surface area is 47.7 Å². The molecule has 1 aliphatic rings. The van der Waals surface area contributed by atoms with Gasteiger partial charge >= 0.3 is 47.6 Å². The average Bonchev–Trinajstić information content (AvgIpc) is 1.86. The van der Waals surface area contributed by atoms with E-state index in [2.05, 4.69) is 35.3 Å². The average molecular weight is 207 g/mol. The zero-order valence-corrected chi connectivity index (χ0v) is 7.03. The van der Waals surface area contributed by atoms with Gasteiger partial charge in [0.2, 0.25) is 0 Å². The van der Waals surface area contributed by atoms with Gasteiger partial charge in [-0.2, -0.15) is 0 Å². The maximum absolute atomic E-state index is 3.13. The Hall–Kier alpha value is 0.558. The van der Waals surface area contributed by atoms with Crippen LogP contribution in [0.2, 0.25) is 0 Å². The van der Waals surface area contributed by atoms with Crippen LogP contribution in [0.15, 0.2) is 21.9 Å². The van der Waals surface area contributed by atoms with Crippen LogP contribution in [0.5, 0.6) is 0 Å². The van der Waals surface area contributed by atoms with E-state index in [-0.39, 0.29) is 0 Å². The molecular weight excluding hydrogens is 202 g/mol. The normalized spacial score (nSPS) is 20.0. The molecule has 0 nitrogen and oxygen atoms in total. The molecule has 0 amide bonds. The summed E-state index contributed by atoms with van der Waals surface area (Å²) in [6.07, 6.45) is 4.23. The van der Waals surface area contributed by atoms with Gasteiger partial charge in [0.1, 0.15) is 0 Å². The molecule has 0 aromatic heterocycles. The molecule has 32 valence electrons. The molecule has 0 unspecified atom stereocenters. The van der Waals surface area contributed by atoms with Crippen LogP contribution >= 0.6 is 0 Å². The number of hydrogen-bond donors (Lipinski definition) is 0. The second-order valence-corrected chi connectivity index (χ2v) is 9.35. The number of hydrogen-bond acceptors (Lipinski definition) is 0. The molecule has 1 rings (SSSR count). The molecule has 0 N–H and O–H groups in total.